The molecule has 0 spiro atoms. The smallest absolute Gasteiger partial charge is 0.251 e. The van der Waals surface area contributed by atoms with Crippen LogP contribution in [0.5, 0.6) is 0 Å². The lowest BCUT2D eigenvalue weighted by atomic mass is 10.2. The van der Waals surface area contributed by atoms with Crippen LogP contribution in [0.3, 0.4) is 0 Å². The van der Waals surface area contributed by atoms with Crippen molar-refractivity contribution in [3.05, 3.63) is 72.1 Å². The molecule has 1 heterocycles. The third-order valence-corrected chi connectivity index (χ3v) is 5.19. The Labute approximate surface area is 173 Å². The zero-order valence-electron chi connectivity index (χ0n) is 16.3. The minimum absolute atomic E-state index is 0.112. The second kappa shape index (κ2) is 9.88. The molecular formula is C21H23N5O2S. The van der Waals surface area contributed by atoms with Crippen LogP contribution in [0.1, 0.15) is 36.1 Å². The topological polar surface area (TPSA) is 88.9 Å². The molecule has 0 radical (unpaired) electrons. The van der Waals surface area contributed by atoms with E-state index in [1.54, 1.807) is 12.1 Å². The quantitative estimate of drug-likeness (QED) is 0.556. The summed E-state index contributed by atoms with van der Waals surface area (Å²) in [5.74, 6) is 0.597. The molecule has 29 heavy (non-hydrogen) atoms. The first-order valence-corrected chi connectivity index (χ1v) is 10.3. The highest BCUT2D eigenvalue weighted by Crippen LogP contribution is 2.21. The van der Waals surface area contributed by atoms with Crippen molar-refractivity contribution in [2.75, 3.05) is 11.1 Å². The van der Waals surface area contributed by atoms with Gasteiger partial charge in [0.1, 0.15) is 0 Å². The monoisotopic (exact) mass is 409 g/mol. The van der Waals surface area contributed by atoms with Crippen molar-refractivity contribution in [3.63, 3.8) is 0 Å². The van der Waals surface area contributed by atoms with Crippen molar-refractivity contribution in [1.82, 2.24) is 20.1 Å². The predicted octanol–water partition coefficient (Wildman–Crippen LogP) is 3.52. The van der Waals surface area contributed by atoms with E-state index in [2.05, 4.69) is 20.8 Å². The molecule has 1 aromatic heterocycles. The lowest BCUT2D eigenvalue weighted by Gasteiger charge is -2.15. The van der Waals surface area contributed by atoms with Crippen molar-refractivity contribution >= 4 is 29.3 Å². The van der Waals surface area contributed by atoms with Crippen LogP contribution in [0.2, 0.25) is 0 Å². The van der Waals surface area contributed by atoms with E-state index in [1.807, 2.05) is 66.9 Å². The van der Waals surface area contributed by atoms with Crippen molar-refractivity contribution in [1.29, 1.82) is 0 Å². The van der Waals surface area contributed by atoms with Gasteiger partial charge in [0.05, 0.1) is 11.8 Å². The largest absolute Gasteiger partial charge is 0.342 e. The molecule has 2 amide bonds. The summed E-state index contributed by atoms with van der Waals surface area (Å²) in [7, 11) is 0. The van der Waals surface area contributed by atoms with Crippen LogP contribution in [-0.4, -0.2) is 32.3 Å². The van der Waals surface area contributed by atoms with Gasteiger partial charge in [-0.3, -0.25) is 9.59 Å². The first-order valence-electron chi connectivity index (χ1n) is 9.35. The number of amides is 2. The fraction of sp³-hybridized carbons (Fsp3) is 0.238. The van der Waals surface area contributed by atoms with Crippen molar-refractivity contribution < 1.29 is 9.59 Å². The number of hydrogen-bond donors (Lipinski definition) is 2. The number of hydrogen-bond acceptors (Lipinski definition) is 5. The van der Waals surface area contributed by atoms with Gasteiger partial charge in [-0.1, -0.05) is 48.2 Å². The Morgan fingerprint density at radius 3 is 2.34 bits per heavy atom. The van der Waals surface area contributed by atoms with Crippen LogP contribution >= 0.6 is 11.8 Å². The fourth-order valence-corrected chi connectivity index (χ4v) is 3.62. The van der Waals surface area contributed by atoms with E-state index in [4.69, 9.17) is 0 Å². The molecular weight excluding hydrogens is 386 g/mol. The molecule has 0 fully saturated rings. The summed E-state index contributed by atoms with van der Waals surface area (Å²) in [6, 6.07) is 18.0. The summed E-state index contributed by atoms with van der Waals surface area (Å²) in [5.41, 5.74) is 1.35. The van der Waals surface area contributed by atoms with Gasteiger partial charge in [-0.25, -0.2) is 0 Å². The van der Waals surface area contributed by atoms with Crippen LogP contribution in [-0.2, 0) is 11.3 Å². The van der Waals surface area contributed by atoms with E-state index in [0.29, 0.717) is 23.1 Å². The maximum atomic E-state index is 12.4. The minimum Gasteiger partial charge on any atom is -0.342 e. The molecule has 0 saturated carbocycles. The summed E-state index contributed by atoms with van der Waals surface area (Å²) >= 11 is 1.32. The van der Waals surface area contributed by atoms with Gasteiger partial charge < -0.3 is 15.2 Å². The minimum atomic E-state index is -0.317. The summed E-state index contributed by atoms with van der Waals surface area (Å²) < 4.78 is 1.91. The van der Waals surface area contributed by atoms with Crippen LogP contribution in [0.25, 0.3) is 0 Å². The van der Waals surface area contributed by atoms with E-state index >= 15 is 0 Å². The van der Waals surface area contributed by atoms with Gasteiger partial charge in [-0.15, -0.1) is 10.2 Å². The zero-order valence-corrected chi connectivity index (χ0v) is 17.1. The number of para-hydroxylation sites is 1. The second-order valence-corrected chi connectivity index (χ2v) is 7.29. The van der Waals surface area contributed by atoms with Gasteiger partial charge >= 0.3 is 0 Å². The van der Waals surface area contributed by atoms with Crippen LogP contribution in [0.4, 0.5) is 5.69 Å². The lowest BCUT2D eigenvalue weighted by molar-refractivity contribution is -0.113. The number of carbonyl (C=O) groups is 2. The van der Waals surface area contributed by atoms with E-state index < -0.39 is 0 Å². The molecule has 0 aliphatic carbocycles. The number of nitrogens with zero attached hydrogens (tertiary/aromatic N) is 3. The average molecular weight is 410 g/mol. The maximum absolute atomic E-state index is 12.4. The molecule has 0 aliphatic heterocycles. The van der Waals surface area contributed by atoms with Gasteiger partial charge in [0.25, 0.3) is 5.91 Å². The molecule has 2 N–H and O–H groups in total. The summed E-state index contributed by atoms with van der Waals surface area (Å²) in [6.07, 6.45) is 0. The average Bonchev–Trinajstić information content (AvgIpc) is 3.16. The third-order valence-electron chi connectivity index (χ3n) is 4.22. The first kappa shape index (κ1) is 20.6. The SMILES string of the molecule is CCn1c(SCC(=O)Nc2ccccc2)nnc1[C@@H](C)NC(=O)c1ccccc1. The lowest BCUT2D eigenvalue weighted by Crippen LogP contribution is -2.28. The van der Waals surface area contributed by atoms with E-state index in [9.17, 15) is 9.59 Å². The summed E-state index contributed by atoms with van der Waals surface area (Å²) in [5, 5.41) is 14.9. The molecule has 0 bridgehead atoms. The zero-order chi connectivity index (χ0) is 20.6. The van der Waals surface area contributed by atoms with Gasteiger partial charge in [-0.2, -0.15) is 0 Å². The van der Waals surface area contributed by atoms with Crippen molar-refractivity contribution in [2.45, 2.75) is 31.6 Å². The van der Waals surface area contributed by atoms with Crippen LogP contribution in [0, 0.1) is 0 Å². The van der Waals surface area contributed by atoms with Crippen LogP contribution in [0.15, 0.2) is 65.8 Å². The Morgan fingerprint density at radius 2 is 1.69 bits per heavy atom. The second-order valence-electron chi connectivity index (χ2n) is 6.35. The van der Waals surface area contributed by atoms with Gasteiger partial charge in [0, 0.05) is 17.8 Å². The van der Waals surface area contributed by atoms with E-state index in [-0.39, 0.29) is 23.6 Å². The number of carbonyl (C=O) groups excluding carboxylic acids is 2. The Balaban J connectivity index is 1.62. The molecule has 1 atom stereocenters. The highest BCUT2D eigenvalue weighted by atomic mass is 32.2. The molecule has 150 valence electrons. The predicted molar refractivity (Wildman–Crippen MR) is 114 cm³/mol. The van der Waals surface area contributed by atoms with Crippen molar-refractivity contribution in [3.8, 4) is 0 Å². The number of anilines is 1. The standard InChI is InChI=1S/C21H23N5O2S/c1-3-26-19(15(2)22-20(28)16-10-6-4-7-11-16)24-25-21(26)29-14-18(27)23-17-12-8-5-9-13-17/h4-13,15H,3,14H2,1-2H3,(H,22,28)(H,23,27)/t15-/m1/s1. The highest BCUT2D eigenvalue weighted by Gasteiger charge is 2.20. The van der Waals surface area contributed by atoms with Crippen LogP contribution < -0.4 is 10.6 Å². The molecule has 0 unspecified atom stereocenters. The van der Waals surface area contributed by atoms with Gasteiger partial charge in [-0.05, 0) is 38.1 Å². The third kappa shape index (κ3) is 5.45. The van der Waals surface area contributed by atoms with Gasteiger partial charge in [0.2, 0.25) is 5.91 Å². The molecule has 3 aromatic rings. The Bertz CT molecular complexity index is 960. The number of thioether (sulfide) groups is 1. The maximum Gasteiger partial charge on any atom is 0.251 e. The fourth-order valence-electron chi connectivity index (χ4n) is 2.81. The molecule has 7 nitrogen and oxygen atoms in total. The molecule has 2 aromatic carbocycles. The first-order chi connectivity index (χ1) is 14.1. The Morgan fingerprint density at radius 1 is 1.03 bits per heavy atom. The molecule has 0 aliphatic rings. The normalized spacial score (nSPS) is 11.7. The number of rotatable bonds is 8. The molecule has 8 heteroatoms. The Hall–Kier alpha value is -3.13. The summed E-state index contributed by atoms with van der Waals surface area (Å²) in [6.45, 7) is 4.48. The van der Waals surface area contributed by atoms with E-state index in [1.165, 1.54) is 11.8 Å². The molecule has 0 saturated heterocycles. The Kier molecular flexibility index (Phi) is 7.02. The van der Waals surface area contributed by atoms with E-state index in [0.717, 1.165) is 5.69 Å². The highest BCUT2D eigenvalue weighted by molar-refractivity contribution is 7.99. The number of nitrogens with one attached hydrogen (secondary N) is 2. The van der Waals surface area contributed by atoms with Crippen molar-refractivity contribution in [2.24, 2.45) is 0 Å². The number of benzene rings is 2. The van der Waals surface area contributed by atoms with Gasteiger partial charge in [0.15, 0.2) is 11.0 Å². The summed E-state index contributed by atoms with van der Waals surface area (Å²) in [4.78, 5) is 24.6. The molecule has 3 rings (SSSR count). The number of aromatic nitrogens is 3.